The molecule has 53 heavy (non-hydrogen) atoms. The van der Waals surface area contributed by atoms with Crippen LogP contribution in [0.5, 0.6) is 11.5 Å². The fraction of sp³-hybridized carbons (Fsp3) is 0.289. The third-order valence-corrected chi connectivity index (χ3v) is 8.16. The minimum atomic E-state index is -0.489. The Kier molecular flexibility index (Phi) is 21.5. The van der Waals surface area contributed by atoms with Gasteiger partial charge in [0.1, 0.15) is 52.2 Å². The molecule has 2 aromatic heterocycles. The number of aliphatic hydroxyl groups is 1. The quantitative estimate of drug-likeness (QED) is 0.183. The molecular weight excluding hydrogens is 941 g/mol. The van der Waals surface area contributed by atoms with Gasteiger partial charge in [-0.1, -0.05) is 24.3 Å². The summed E-state index contributed by atoms with van der Waals surface area (Å²) in [5, 5.41) is 42.8. The zero-order valence-corrected chi connectivity index (χ0v) is 36.8. The lowest BCUT2D eigenvalue weighted by molar-refractivity contribution is 0.216. The van der Waals surface area contributed by atoms with E-state index in [1.54, 1.807) is 59.9 Å². The van der Waals surface area contributed by atoms with Crippen molar-refractivity contribution in [2.45, 2.75) is 59.9 Å². The minimum Gasteiger partial charge on any atom is -0.490 e. The molecule has 2 heterocycles. The van der Waals surface area contributed by atoms with Crippen LogP contribution in [0.3, 0.4) is 0 Å². The first-order valence-electron chi connectivity index (χ1n) is 15.9. The Morgan fingerprint density at radius 3 is 1.51 bits per heavy atom. The van der Waals surface area contributed by atoms with Crippen LogP contribution in [0.1, 0.15) is 58.2 Å². The zero-order valence-electron chi connectivity index (χ0n) is 30.4. The van der Waals surface area contributed by atoms with Crippen molar-refractivity contribution in [3.05, 3.63) is 114 Å². The van der Waals surface area contributed by atoms with Gasteiger partial charge in [-0.05, 0) is 136 Å². The molecule has 0 amide bonds. The SMILES string of the molecule is CC(C)O.CC(C)Oc1cccc(-c2c(Br)cnn2C)c1C#N.CC(C)Oc1cccc(Br)c1C#N.Cn1cc(Br)cn1.N#Cc1c(F)cccc1Br. The molecule has 0 saturated heterocycles. The highest BCUT2D eigenvalue weighted by molar-refractivity contribution is 9.11. The van der Waals surface area contributed by atoms with E-state index in [2.05, 4.69) is 86.1 Å². The van der Waals surface area contributed by atoms with E-state index in [0.717, 1.165) is 24.7 Å². The Bertz CT molecular complexity index is 1970. The summed E-state index contributed by atoms with van der Waals surface area (Å²) in [6, 6.07) is 21.5. The molecule has 5 aromatic rings. The number of aliphatic hydroxyl groups excluding tert-OH is 1. The van der Waals surface area contributed by atoms with Crippen LogP contribution in [-0.2, 0) is 14.1 Å². The lowest BCUT2D eigenvalue weighted by Crippen LogP contribution is -2.07. The summed E-state index contributed by atoms with van der Waals surface area (Å²) >= 11 is 13.0. The summed E-state index contributed by atoms with van der Waals surface area (Å²) in [6.45, 7) is 11.2. The molecule has 0 unspecified atom stereocenters. The summed E-state index contributed by atoms with van der Waals surface area (Å²) in [4.78, 5) is 0. The van der Waals surface area contributed by atoms with Gasteiger partial charge in [-0.2, -0.15) is 26.0 Å². The maximum atomic E-state index is 12.6. The number of hydrogen-bond acceptors (Lipinski definition) is 8. The Labute approximate surface area is 344 Å². The molecule has 15 heteroatoms. The average Bonchev–Trinajstić information content (AvgIpc) is 3.62. The monoisotopic (exact) mass is 977 g/mol. The van der Waals surface area contributed by atoms with Crippen LogP contribution in [0.25, 0.3) is 11.3 Å². The number of halogens is 5. The van der Waals surface area contributed by atoms with Gasteiger partial charge in [-0.25, -0.2) is 4.39 Å². The largest absolute Gasteiger partial charge is 0.490 e. The molecule has 1 N–H and O–H groups in total. The Morgan fingerprint density at radius 1 is 0.679 bits per heavy atom. The molecule has 10 nitrogen and oxygen atoms in total. The van der Waals surface area contributed by atoms with Gasteiger partial charge in [0.15, 0.2) is 0 Å². The number of aromatic nitrogens is 4. The Balaban J connectivity index is 0.000000360. The number of nitrogens with zero attached hydrogens (tertiary/aromatic N) is 7. The van der Waals surface area contributed by atoms with Gasteiger partial charge < -0.3 is 14.6 Å². The summed E-state index contributed by atoms with van der Waals surface area (Å²) in [5.41, 5.74) is 2.82. The third kappa shape index (κ3) is 16.7. The molecule has 0 aliphatic heterocycles. The van der Waals surface area contributed by atoms with Gasteiger partial charge in [-0.3, -0.25) is 9.36 Å². The maximum absolute atomic E-state index is 12.6. The summed E-state index contributed by atoms with van der Waals surface area (Å²) in [6.07, 6.45) is 5.30. The second kappa shape index (κ2) is 24.3. The van der Waals surface area contributed by atoms with Crippen molar-refractivity contribution in [1.82, 2.24) is 19.6 Å². The molecule has 0 bridgehead atoms. The van der Waals surface area contributed by atoms with Gasteiger partial charge in [-0.15, -0.1) is 0 Å². The van der Waals surface area contributed by atoms with Crippen molar-refractivity contribution in [2.75, 3.05) is 0 Å². The van der Waals surface area contributed by atoms with Crippen LogP contribution in [0, 0.1) is 39.8 Å². The van der Waals surface area contributed by atoms with Crippen LogP contribution in [0.15, 0.2) is 91.1 Å². The molecule has 0 radical (unpaired) electrons. The van der Waals surface area contributed by atoms with E-state index in [-0.39, 0.29) is 23.9 Å². The molecule has 0 saturated carbocycles. The minimum absolute atomic E-state index is 0.0253. The van der Waals surface area contributed by atoms with Crippen molar-refractivity contribution in [1.29, 1.82) is 15.8 Å². The topological polar surface area (TPSA) is 146 Å². The first kappa shape index (κ1) is 47.0. The standard InChI is InChI=1S/C14H14BrN3O.C10H10BrNO.C7H3BrFN.C4H5BrN2.C3H8O/c1-9(2)19-13-6-4-5-10(11(13)7-16)14-12(15)8-17-18(14)3;1-7(2)13-10-5-3-4-9(11)8(10)6-12;8-6-2-1-3-7(9)5(6)4-10;1-7-3-4(5)2-6-7;1-3(2)4/h4-6,8-9H,1-3H3;3-5,7H,1-2H3;1-3H;2-3H,1H3;3-4H,1-2H3. The molecule has 0 spiro atoms. The summed E-state index contributed by atoms with van der Waals surface area (Å²) in [5.74, 6) is 0.742. The van der Waals surface area contributed by atoms with E-state index in [1.165, 1.54) is 6.07 Å². The van der Waals surface area contributed by atoms with Gasteiger partial charge in [0, 0.05) is 40.9 Å². The van der Waals surface area contributed by atoms with E-state index in [0.29, 0.717) is 27.1 Å². The van der Waals surface area contributed by atoms with Crippen LogP contribution < -0.4 is 9.47 Å². The highest BCUT2D eigenvalue weighted by atomic mass is 79.9. The number of nitriles is 3. The number of aryl methyl sites for hydroxylation is 2. The number of rotatable bonds is 5. The van der Waals surface area contributed by atoms with Crippen molar-refractivity contribution < 1.29 is 19.0 Å². The van der Waals surface area contributed by atoms with Crippen LogP contribution in [-0.4, -0.2) is 43.0 Å². The molecule has 0 aliphatic rings. The molecule has 280 valence electrons. The molecule has 0 fully saturated rings. The second-order valence-corrected chi connectivity index (χ2v) is 14.9. The lowest BCUT2D eigenvalue weighted by atomic mass is 10.0. The Hall–Kier alpha value is -4.04. The van der Waals surface area contributed by atoms with E-state index >= 15 is 0 Å². The molecule has 3 aromatic carbocycles. The van der Waals surface area contributed by atoms with Gasteiger partial charge in [0.05, 0.1) is 39.2 Å². The van der Waals surface area contributed by atoms with Gasteiger partial charge in [0.2, 0.25) is 0 Å². The highest BCUT2D eigenvalue weighted by Crippen LogP contribution is 2.34. The third-order valence-electron chi connectivity index (χ3n) is 5.85. The van der Waals surface area contributed by atoms with E-state index in [9.17, 15) is 9.65 Å². The average molecular weight is 981 g/mol. The fourth-order valence-electron chi connectivity index (χ4n) is 3.87. The molecular formula is C38H40Br4FN7O3. The van der Waals surface area contributed by atoms with Crippen molar-refractivity contribution >= 4 is 63.7 Å². The van der Waals surface area contributed by atoms with Crippen molar-refractivity contribution in [2.24, 2.45) is 14.1 Å². The highest BCUT2D eigenvalue weighted by Gasteiger charge is 2.17. The van der Waals surface area contributed by atoms with Crippen molar-refractivity contribution in [3.8, 4) is 41.0 Å². The summed E-state index contributed by atoms with van der Waals surface area (Å²) in [7, 11) is 3.72. The predicted octanol–water partition coefficient (Wildman–Crippen LogP) is 10.6. The maximum Gasteiger partial charge on any atom is 0.142 e. The van der Waals surface area contributed by atoms with Crippen LogP contribution >= 0.6 is 63.7 Å². The first-order chi connectivity index (χ1) is 25.0. The van der Waals surface area contributed by atoms with Crippen LogP contribution in [0.4, 0.5) is 4.39 Å². The molecule has 0 aliphatic carbocycles. The Morgan fingerprint density at radius 2 is 1.15 bits per heavy atom. The second-order valence-electron chi connectivity index (χ2n) is 11.4. The van der Waals surface area contributed by atoms with Gasteiger partial charge in [0.25, 0.3) is 0 Å². The smallest absolute Gasteiger partial charge is 0.142 e. The van der Waals surface area contributed by atoms with E-state index < -0.39 is 5.82 Å². The predicted molar refractivity (Wildman–Crippen MR) is 219 cm³/mol. The van der Waals surface area contributed by atoms with E-state index in [4.69, 9.17) is 25.1 Å². The zero-order chi connectivity index (χ0) is 40.2. The normalized spacial score (nSPS) is 9.77. The number of ether oxygens (including phenoxy) is 2. The molecule has 5 rings (SSSR count). The number of hydrogen-bond donors (Lipinski definition) is 1. The lowest BCUT2D eigenvalue weighted by Gasteiger charge is -2.14. The fourth-order valence-corrected chi connectivity index (χ4v) is 5.69. The van der Waals surface area contributed by atoms with Gasteiger partial charge >= 0.3 is 0 Å². The summed E-state index contributed by atoms with van der Waals surface area (Å²) < 4.78 is 30.4. The molecule has 0 atom stereocenters. The van der Waals surface area contributed by atoms with E-state index in [1.807, 2.05) is 78.3 Å². The number of benzene rings is 3. The first-order valence-corrected chi connectivity index (χ1v) is 19.0. The van der Waals surface area contributed by atoms with Crippen LogP contribution in [0.2, 0.25) is 0 Å². The van der Waals surface area contributed by atoms with Crippen molar-refractivity contribution in [3.63, 3.8) is 0 Å².